The first kappa shape index (κ1) is 24.2. The molecule has 5 heteroatoms. The fourth-order valence-electron chi connectivity index (χ4n) is 4.71. The van der Waals surface area contributed by atoms with Gasteiger partial charge in [0.05, 0.1) is 16.9 Å². The molecular formula is C34H27N5. The van der Waals surface area contributed by atoms with Crippen LogP contribution in [0.15, 0.2) is 126 Å². The summed E-state index contributed by atoms with van der Waals surface area (Å²) in [6.07, 6.45) is 9.53. The molecule has 0 bridgehead atoms. The van der Waals surface area contributed by atoms with Gasteiger partial charge in [-0.3, -0.25) is 0 Å². The SMILES string of the molecule is C=C(N=C(N=C(C)c1ccccc1)c1cccc(-n2nnc3ccccc32)c1)c1cccc2c1C=CCC=C2. The molecule has 0 unspecified atom stereocenters. The zero-order valence-corrected chi connectivity index (χ0v) is 21.7. The van der Waals surface area contributed by atoms with Crippen LogP contribution in [0.4, 0.5) is 0 Å². The second-order valence-electron chi connectivity index (χ2n) is 9.33. The van der Waals surface area contributed by atoms with Crippen LogP contribution in [-0.4, -0.2) is 26.5 Å². The van der Waals surface area contributed by atoms with Crippen molar-refractivity contribution in [3.8, 4) is 5.69 Å². The largest absolute Gasteiger partial charge is 0.233 e. The Morgan fingerprint density at radius 3 is 2.46 bits per heavy atom. The van der Waals surface area contributed by atoms with E-state index in [1.54, 1.807) is 0 Å². The van der Waals surface area contributed by atoms with Crippen LogP contribution in [0.1, 0.15) is 41.2 Å². The van der Waals surface area contributed by atoms with E-state index in [-0.39, 0.29) is 0 Å². The van der Waals surface area contributed by atoms with Crippen molar-refractivity contribution in [3.63, 3.8) is 0 Å². The normalized spacial score (nSPS) is 13.4. The molecule has 1 aliphatic carbocycles. The van der Waals surface area contributed by atoms with Crippen LogP contribution in [0.2, 0.25) is 0 Å². The summed E-state index contributed by atoms with van der Waals surface area (Å²) in [6.45, 7) is 6.38. The molecular weight excluding hydrogens is 478 g/mol. The van der Waals surface area contributed by atoms with E-state index in [0.29, 0.717) is 11.5 Å². The number of benzene rings is 4. The van der Waals surface area contributed by atoms with Gasteiger partial charge in [-0.05, 0) is 54.3 Å². The van der Waals surface area contributed by atoms with E-state index in [2.05, 4.69) is 65.5 Å². The number of hydrogen-bond donors (Lipinski definition) is 0. The van der Waals surface area contributed by atoms with Gasteiger partial charge in [0, 0.05) is 16.8 Å². The quantitative estimate of drug-likeness (QED) is 0.181. The number of nitrogens with zero attached hydrogens (tertiary/aromatic N) is 5. The van der Waals surface area contributed by atoms with Gasteiger partial charge in [0.1, 0.15) is 5.52 Å². The molecule has 0 fully saturated rings. The number of rotatable bonds is 5. The van der Waals surface area contributed by atoms with Gasteiger partial charge in [-0.2, -0.15) is 0 Å². The van der Waals surface area contributed by atoms with Gasteiger partial charge in [-0.15, -0.1) is 5.10 Å². The molecule has 0 aliphatic heterocycles. The molecule has 5 aromatic rings. The third-order valence-corrected chi connectivity index (χ3v) is 6.71. The Bertz CT molecular complexity index is 1800. The lowest BCUT2D eigenvalue weighted by Gasteiger charge is -2.12. The van der Waals surface area contributed by atoms with E-state index in [4.69, 9.17) is 9.98 Å². The fraction of sp³-hybridized carbons (Fsp3) is 0.0588. The van der Waals surface area contributed by atoms with E-state index in [1.807, 2.05) is 84.4 Å². The maximum absolute atomic E-state index is 5.04. The smallest absolute Gasteiger partial charge is 0.160 e. The third kappa shape index (κ3) is 5.03. The van der Waals surface area contributed by atoms with Gasteiger partial charge in [0.15, 0.2) is 5.84 Å². The number of amidine groups is 1. The van der Waals surface area contributed by atoms with Crippen LogP contribution in [0, 0.1) is 0 Å². The summed E-state index contributed by atoms with van der Waals surface area (Å²) < 4.78 is 1.84. The predicted molar refractivity (Wildman–Crippen MR) is 162 cm³/mol. The maximum Gasteiger partial charge on any atom is 0.160 e. The molecule has 1 aliphatic rings. The van der Waals surface area contributed by atoms with Crippen LogP contribution in [0.5, 0.6) is 0 Å². The first-order chi connectivity index (χ1) is 19.2. The van der Waals surface area contributed by atoms with Crippen molar-refractivity contribution in [2.75, 3.05) is 0 Å². The molecule has 1 heterocycles. The summed E-state index contributed by atoms with van der Waals surface area (Å²) >= 11 is 0. The lowest BCUT2D eigenvalue weighted by atomic mass is 9.99. The molecule has 1 aromatic heterocycles. The summed E-state index contributed by atoms with van der Waals surface area (Å²) in [5, 5.41) is 8.72. The average Bonchev–Trinajstić information content (AvgIpc) is 3.27. The molecule has 39 heavy (non-hydrogen) atoms. The third-order valence-electron chi connectivity index (χ3n) is 6.71. The Morgan fingerprint density at radius 2 is 1.56 bits per heavy atom. The molecule has 4 aromatic carbocycles. The number of hydrogen-bond acceptors (Lipinski definition) is 3. The second kappa shape index (κ2) is 10.7. The van der Waals surface area contributed by atoms with Crippen molar-refractivity contribution in [2.45, 2.75) is 13.3 Å². The average molecular weight is 506 g/mol. The first-order valence-electron chi connectivity index (χ1n) is 12.9. The molecule has 5 nitrogen and oxygen atoms in total. The highest BCUT2D eigenvalue weighted by molar-refractivity contribution is 6.13. The zero-order valence-electron chi connectivity index (χ0n) is 21.7. The summed E-state index contributed by atoms with van der Waals surface area (Å²) in [5.41, 5.74) is 9.35. The Morgan fingerprint density at radius 1 is 0.795 bits per heavy atom. The van der Waals surface area contributed by atoms with Crippen molar-refractivity contribution in [2.24, 2.45) is 9.98 Å². The van der Waals surface area contributed by atoms with Crippen LogP contribution in [0.3, 0.4) is 0 Å². The summed E-state index contributed by atoms with van der Waals surface area (Å²) in [4.78, 5) is 10.1. The van der Waals surface area contributed by atoms with Crippen LogP contribution in [-0.2, 0) is 0 Å². The molecule has 6 rings (SSSR count). The van der Waals surface area contributed by atoms with Crippen LogP contribution >= 0.6 is 0 Å². The van der Waals surface area contributed by atoms with Crippen molar-refractivity contribution >= 4 is 40.4 Å². The lowest BCUT2D eigenvalue weighted by Crippen LogP contribution is -2.06. The molecule has 0 radical (unpaired) electrons. The highest BCUT2D eigenvalue weighted by Crippen LogP contribution is 2.28. The van der Waals surface area contributed by atoms with Gasteiger partial charge in [0.25, 0.3) is 0 Å². The molecule has 0 atom stereocenters. The Balaban J connectivity index is 1.48. The highest BCUT2D eigenvalue weighted by atomic mass is 15.4. The van der Waals surface area contributed by atoms with E-state index in [1.165, 1.54) is 0 Å². The second-order valence-corrected chi connectivity index (χ2v) is 9.33. The molecule has 0 N–H and O–H groups in total. The minimum Gasteiger partial charge on any atom is -0.233 e. The minimum atomic E-state index is 0.582. The summed E-state index contributed by atoms with van der Waals surface area (Å²) in [6, 6.07) is 32.4. The van der Waals surface area contributed by atoms with Gasteiger partial charge in [0.2, 0.25) is 0 Å². The highest BCUT2D eigenvalue weighted by Gasteiger charge is 2.13. The lowest BCUT2D eigenvalue weighted by molar-refractivity contribution is 0.824. The standard InChI is InChI=1S/C34H27N5/c1-24(26-13-5-3-6-14-26)35-34(36-25(2)30-20-12-16-27-15-7-4-8-19-31(27)30)28-17-11-18-29(23-28)39-33-22-10-9-21-32(33)37-38-39/h3,5-23H,2,4H2,1H3. The monoisotopic (exact) mass is 505 g/mol. The van der Waals surface area contributed by atoms with E-state index in [0.717, 1.165) is 56.7 Å². The van der Waals surface area contributed by atoms with Gasteiger partial charge in [-0.25, -0.2) is 14.7 Å². The predicted octanol–water partition coefficient (Wildman–Crippen LogP) is 7.78. The fourth-order valence-corrected chi connectivity index (χ4v) is 4.71. The summed E-state index contributed by atoms with van der Waals surface area (Å²) in [5.74, 6) is 0.582. The number of para-hydroxylation sites is 1. The molecule has 0 saturated carbocycles. The Kier molecular flexibility index (Phi) is 6.62. The molecule has 188 valence electrons. The number of allylic oxidation sites excluding steroid dienone is 2. The number of aliphatic imine (C=N–C) groups is 2. The Labute approximate surface area is 227 Å². The van der Waals surface area contributed by atoms with Crippen molar-refractivity contribution in [1.29, 1.82) is 0 Å². The topological polar surface area (TPSA) is 55.4 Å². The van der Waals surface area contributed by atoms with Crippen molar-refractivity contribution in [3.05, 3.63) is 144 Å². The van der Waals surface area contributed by atoms with Gasteiger partial charge < -0.3 is 0 Å². The first-order valence-corrected chi connectivity index (χ1v) is 12.9. The molecule has 0 spiro atoms. The van der Waals surface area contributed by atoms with Crippen LogP contribution < -0.4 is 0 Å². The minimum absolute atomic E-state index is 0.582. The van der Waals surface area contributed by atoms with Gasteiger partial charge >= 0.3 is 0 Å². The zero-order chi connectivity index (χ0) is 26.6. The molecule has 0 saturated heterocycles. The Hall–Kier alpha value is -5.16. The van der Waals surface area contributed by atoms with Gasteiger partial charge in [-0.1, -0.05) is 109 Å². The van der Waals surface area contributed by atoms with Crippen LogP contribution in [0.25, 0.3) is 34.6 Å². The van der Waals surface area contributed by atoms with Crippen molar-refractivity contribution in [1.82, 2.24) is 15.0 Å². The van der Waals surface area contributed by atoms with E-state index >= 15 is 0 Å². The number of fused-ring (bicyclic) bond motifs is 2. The van der Waals surface area contributed by atoms with E-state index in [9.17, 15) is 0 Å². The maximum atomic E-state index is 5.04. The van der Waals surface area contributed by atoms with Crippen molar-refractivity contribution < 1.29 is 0 Å². The summed E-state index contributed by atoms with van der Waals surface area (Å²) in [7, 11) is 0. The van der Waals surface area contributed by atoms with E-state index < -0.39 is 0 Å². The molecule has 0 amide bonds. The number of aromatic nitrogens is 3.